The Hall–Kier alpha value is -2.25. The zero-order chi connectivity index (χ0) is 20.1. The summed E-state index contributed by atoms with van der Waals surface area (Å²) >= 11 is 0. The maximum atomic E-state index is 12.6. The molecule has 2 N–H and O–H groups in total. The van der Waals surface area contributed by atoms with Gasteiger partial charge in [0, 0.05) is 22.9 Å². The number of nitrogens with one attached hydrogen (secondary N) is 2. The highest BCUT2D eigenvalue weighted by Crippen LogP contribution is 2.60. The summed E-state index contributed by atoms with van der Waals surface area (Å²) in [6, 6.07) is 11.5. The van der Waals surface area contributed by atoms with Crippen molar-refractivity contribution >= 4 is 15.9 Å². The van der Waals surface area contributed by atoms with E-state index in [4.69, 9.17) is 0 Å². The van der Waals surface area contributed by atoms with Gasteiger partial charge in [-0.2, -0.15) is 0 Å². The van der Waals surface area contributed by atoms with Crippen LogP contribution in [0.15, 0.2) is 53.6 Å². The Bertz CT molecular complexity index is 1000. The Balaban J connectivity index is 1.33. The first-order chi connectivity index (χ1) is 13.9. The Labute approximate surface area is 171 Å². The molecule has 7 heteroatoms. The van der Waals surface area contributed by atoms with Gasteiger partial charge in [0.1, 0.15) is 0 Å². The van der Waals surface area contributed by atoms with E-state index in [1.54, 1.807) is 30.5 Å². The molecule has 29 heavy (non-hydrogen) atoms. The lowest BCUT2D eigenvalue weighted by molar-refractivity contribution is -0.00722. The van der Waals surface area contributed by atoms with Gasteiger partial charge < -0.3 is 0 Å². The van der Waals surface area contributed by atoms with E-state index >= 15 is 0 Å². The molecule has 4 aliphatic rings. The summed E-state index contributed by atoms with van der Waals surface area (Å²) in [6.07, 6.45) is 9.21. The van der Waals surface area contributed by atoms with Crippen LogP contribution in [0.4, 0.5) is 0 Å². The van der Waals surface area contributed by atoms with Crippen LogP contribution in [0.1, 0.15) is 54.6 Å². The lowest BCUT2D eigenvalue weighted by atomic mass is 9.48. The van der Waals surface area contributed by atoms with Crippen molar-refractivity contribution in [1.82, 2.24) is 15.2 Å². The predicted octanol–water partition coefficient (Wildman–Crippen LogP) is 3.17. The summed E-state index contributed by atoms with van der Waals surface area (Å²) in [7, 11) is -3.81. The standard InChI is InChI=1S/C22H25N3O3S/c26-21(24-25-29(27,28)19-4-2-1-3-5-19)18-6-7-23-20(11-18)22-12-15-8-16(13-22)10-17(9-15)14-22/h1-7,11,15-17,25H,8-10,12-14H2,(H,24,26). The van der Waals surface area contributed by atoms with Crippen molar-refractivity contribution in [2.75, 3.05) is 0 Å². The quantitative estimate of drug-likeness (QED) is 0.740. The van der Waals surface area contributed by atoms with E-state index in [-0.39, 0.29) is 10.3 Å². The van der Waals surface area contributed by atoms with Gasteiger partial charge in [0.2, 0.25) is 0 Å². The molecule has 6 nitrogen and oxygen atoms in total. The summed E-state index contributed by atoms with van der Waals surface area (Å²) in [5.41, 5.74) is 3.85. The molecular formula is C22H25N3O3S. The number of amides is 1. The highest BCUT2D eigenvalue weighted by atomic mass is 32.2. The molecule has 0 spiro atoms. The van der Waals surface area contributed by atoms with Crippen molar-refractivity contribution in [2.24, 2.45) is 17.8 Å². The summed E-state index contributed by atoms with van der Waals surface area (Å²) in [5.74, 6) is 1.90. The van der Waals surface area contributed by atoms with Gasteiger partial charge in [-0.15, -0.1) is 4.83 Å². The van der Waals surface area contributed by atoms with Gasteiger partial charge in [-0.1, -0.05) is 18.2 Å². The number of hydrazine groups is 1. The van der Waals surface area contributed by atoms with Crippen molar-refractivity contribution in [3.05, 3.63) is 59.9 Å². The summed E-state index contributed by atoms with van der Waals surface area (Å²) in [5, 5.41) is 0. The maximum Gasteiger partial charge on any atom is 0.266 e. The van der Waals surface area contributed by atoms with E-state index in [0.29, 0.717) is 5.56 Å². The maximum absolute atomic E-state index is 12.6. The molecule has 0 unspecified atom stereocenters. The van der Waals surface area contributed by atoms with Crippen LogP contribution in [0.2, 0.25) is 0 Å². The largest absolute Gasteiger partial charge is 0.273 e. The van der Waals surface area contributed by atoms with Crippen molar-refractivity contribution in [2.45, 2.75) is 48.8 Å². The smallest absolute Gasteiger partial charge is 0.266 e. The average molecular weight is 412 g/mol. The van der Waals surface area contributed by atoms with Gasteiger partial charge >= 0.3 is 0 Å². The third kappa shape index (κ3) is 3.46. The molecule has 4 saturated carbocycles. The number of carbonyl (C=O) groups excluding carboxylic acids is 1. The minimum absolute atomic E-state index is 0.0918. The molecule has 6 rings (SSSR count). The topological polar surface area (TPSA) is 88.2 Å². The number of rotatable bonds is 5. The van der Waals surface area contributed by atoms with Gasteiger partial charge in [-0.25, -0.2) is 8.42 Å². The second-order valence-corrected chi connectivity index (χ2v) is 10.7. The third-order valence-corrected chi connectivity index (χ3v) is 8.22. The van der Waals surface area contributed by atoms with Crippen molar-refractivity contribution in [1.29, 1.82) is 0 Å². The van der Waals surface area contributed by atoms with E-state index in [9.17, 15) is 13.2 Å². The monoisotopic (exact) mass is 411 g/mol. The zero-order valence-electron chi connectivity index (χ0n) is 16.2. The lowest BCUT2D eigenvalue weighted by Crippen LogP contribution is -2.49. The van der Waals surface area contributed by atoms with E-state index in [1.165, 1.54) is 50.7 Å². The number of hydrogen-bond donors (Lipinski definition) is 2. The molecule has 2 aromatic rings. The average Bonchev–Trinajstić information content (AvgIpc) is 2.72. The van der Waals surface area contributed by atoms with Crippen LogP contribution in [0.25, 0.3) is 0 Å². The SMILES string of the molecule is O=C(NNS(=O)(=O)c1ccccc1)c1ccnc(C23CC4CC(CC(C4)C2)C3)c1. The molecule has 1 heterocycles. The molecule has 0 atom stereocenters. The molecular weight excluding hydrogens is 386 g/mol. The second kappa shape index (κ2) is 6.92. The minimum Gasteiger partial charge on any atom is -0.273 e. The second-order valence-electron chi connectivity index (χ2n) is 9.00. The molecule has 0 radical (unpaired) electrons. The van der Waals surface area contributed by atoms with Crippen LogP contribution in [0.5, 0.6) is 0 Å². The fraction of sp³-hybridized carbons (Fsp3) is 0.455. The van der Waals surface area contributed by atoms with Crippen LogP contribution in [-0.4, -0.2) is 19.3 Å². The molecule has 1 aromatic carbocycles. The highest BCUT2D eigenvalue weighted by molar-refractivity contribution is 7.89. The summed E-state index contributed by atoms with van der Waals surface area (Å²) in [4.78, 5) is 19.6. The fourth-order valence-electron chi connectivity index (χ4n) is 6.13. The number of hydrogen-bond acceptors (Lipinski definition) is 4. The number of carbonyl (C=O) groups is 1. The third-order valence-electron chi connectivity index (χ3n) is 6.96. The number of pyridine rings is 1. The van der Waals surface area contributed by atoms with Gasteiger partial charge in [0.25, 0.3) is 15.9 Å². The number of aromatic nitrogens is 1. The van der Waals surface area contributed by atoms with E-state index < -0.39 is 15.9 Å². The lowest BCUT2D eigenvalue weighted by Gasteiger charge is -2.56. The minimum atomic E-state index is -3.81. The van der Waals surface area contributed by atoms with E-state index in [2.05, 4.69) is 15.2 Å². The zero-order valence-corrected chi connectivity index (χ0v) is 17.0. The van der Waals surface area contributed by atoms with Crippen molar-refractivity contribution in [3.8, 4) is 0 Å². The number of nitrogens with zero attached hydrogens (tertiary/aromatic N) is 1. The molecule has 1 amide bonds. The summed E-state index contributed by atoms with van der Waals surface area (Å²) in [6.45, 7) is 0. The van der Waals surface area contributed by atoms with E-state index in [1.807, 2.05) is 6.07 Å². The summed E-state index contributed by atoms with van der Waals surface area (Å²) < 4.78 is 24.7. The van der Waals surface area contributed by atoms with Crippen LogP contribution in [-0.2, 0) is 15.4 Å². The number of sulfonamides is 1. The molecule has 152 valence electrons. The van der Waals surface area contributed by atoms with Gasteiger partial charge in [-0.3, -0.25) is 15.2 Å². The Morgan fingerprint density at radius 3 is 2.21 bits per heavy atom. The first kappa shape index (κ1) is 18.8. The Morgan fingerprint density at radius 1 is 0.966 bits per heavy atom. The molecule has 0 saturated heterocycles. The fourth-order valence-corrected chi connectivity index (χ4v) is 6.99. The van der Waals surface area contributed by atoms with Crippen molar-refractivity contribution in [3.63, 3.8) is 0 Å². The Kier molecular flexibility index (Phi) is 4.47. The van der Waals surface area contributed by atoms with E-state index in [0.717, 1.165) is 23.4 Å². The normalized spacial score (nSPS) is 30.3. The van der Waals surface area contributed by atoms with Gasteiger partial charge in [0.15, 0.2) is 0 Å². The molecule has 0 aliphatic heterocycles. The first-order valence-electron chi connectivity index (χ1n) is 10.3. The molecule has 1 aromatic heterocycles. The van der Waals surface area contributed by atoms with Gasteiger partial charge in [-0.05, 0) is 80.5 Å². The van der Waals surface area contributed by atoms with Crippen LogP contribution >= 0.6 is 0 Å². The first-order valence-corrected chi connectivity index (χ1v) is 11.8. The molecule has 4 bridgehead atoms. The van der Waals surface area contributed by atoms with Crippen LogP contribution in [0, 0.1) is 17.8 Å². The molecule has 4 aliphatic carbocycles. The Morgan fingerprint density at radius 2 is 1.59 bits per heavy atom. The van der Waals surface area contributed by atoms with Crippen LogP contribution < -0.4 is 10.3 Å². The van der Waals surface area contributed by atoms with Gasteiger partial charge in [0.05, 0.1) is 4.90 Å². The predicted molar refractivity (Wildman–Crippen MR) is 108 cm³/mol. The number of benzene rings is 1. The van der Waals surface area contributed by atoms with Crippen molar-refractivity contribution < 1.29 is 13.2 Å². The van der Waals surface area contributed by atoms with Crippen LogP contribution in [0.3, 0.4) is 0 Å². The highest BCUT2D eigenvalue weighted by Gasteiger charge is 2.52. The molecule has 4 fully saturated rings.